The number of benzene rings is 2. The van der Waals surface area contributed by atoms with Crippen molar-refractivity contribution in [3.63, 3.8) is 0 Å². The third-order valence-corrected chi connectivity index (χ3v) is 13.0. The van der Waals surface area contributed by atoms with Gasteiger partial charge in [-0.2, -0.15) is 0 Å². The molecule has 6 rings (SSSR count). The highest BCUT2D eigenvalue weighted by molar-refractivity contribution is 7.90. The van der Waals surface area contributed by atoms with Gasteiger partial charge in [-0.1, -0.05) is 36.7 Å². The Morgan fingerprint density at radius 1 is 1.14 bits per heavy atom. The number of anilines is 1. The SMILES string of the molecule is CO[C@]1(C)/C=C\C[C@H](C)[C@@H](C)S(=O)(=O)NC(=O)c2ccc3c(c2)N(C[C@@H]2CC[C@H]21)C[C@@]1(CCCc2cc(Cl)ccc21)CO3. The predicted molar refractivity (Wildman–Crippen MR) is 171 cm³/mol. The largest absolute Gasteiger partial charge is 0.490 e. The number of hydrogen-bond donors (Lipinski definition) is 1. The van der Waals surface area contributed by atoms with Crippen molar-refractivity contribution in [1.82, 2.24) is 4.72 Å². The Hall–Kier alpha value is -2.55. The van der Waals surface area contributed by atoms with Gasteiger partial charge >= 0.3 is 0 Å². The van der Waals surface area contributed by atoms with Crippen LogP contribution in [-0.4, -0.2) is 52.0 Å². The standard InChI is InChI=1S/C34H43ClN2O5S/c1-22-7-5-15-33(3,41-4)28-12-9-26(28)19-37-20-34(16-6-8-24-17-27(35)11-13-29(24)34)21-42-31-14-10-25(18-30(31)37)32(38)36-43(39,40)23(22)2/h5,10-11,13-15,17-18,22-23,26,28H,6-9,12,16,19-21H2,1-4H3,(H,36,38)/b15-5-/t22-,23+,26-,28+,33+,34-/m0/s1. The van der Waals surface area contributed by atoms with Crippen molar-refractivity contribution < 1.29 is 22.7 Å². The number of ether oxygens (including phenoxy) is 2. The molecular formula is C34H43ClN2O5S. The van der Waals surface area contributed by atoms with E-state index in [1.54, 1.807) is 20.1 Å². The molecular weight excluding hydrogens is 584 g/mol. The maximum atomic E-state index is 13.4. The van der Waals surface area contributed by atoms with E-state index in [-0.39, 0.29) is 11.3 Å². The van der Waals surface area contributed by atoms with Crippen LogP contribution in [0.5, 0.6) is 5.75 Å². The summed E-state index contributed by atoms with van der Waals surface area (Å²) in [6.07, 6.45) is 9.93. The highest BCUT2D eigenvalue weighted by Gasteiger charge is 2.47. The first-order valence-electron chi connectivity index (χ1n) is 15.5. The molecule has 232 valence electrons. The van der Waals surface area contributed by atoms with E-state index in [2.05, 4.69) is 40.8 Å². The maximum Gasteiger partial charge on any atom is 0.264 e. The highest BCUT2D eigenvalue weighted by Crippen LogP contribution is 2.49. The molecule has 1 spiro atoms. The van der Waals surface area contributed by atoms with E-state index >= 15 is 0 Å². The number of hydrogen-bond acceptors (Lipinski definition) is 6. The van der Waals surface area contributed by atoms with Gasteiger partial charge in [0.15, 0.2) is 0 Å². The molecule has 1 N–H and O–H groups in total. The van der Waals surface area contributed by atoms with Crippen LogP contribution >= 0.6 is 11.6 Å². The van der Waals surface area contributed by atoms with Crippen LogP contribution in [0.3, 0.4) is 0 Å². The summed E-state index contributed by atoms with van der Waals surface area (Å²) >= 11 is 6.42. The normalized spacial score (nSPS) is 34.5. The van der Waals surface area contributed by atoms with E-state index in [0.717, 1.165) is 55.9 Å². The fourth-order valence-corrected chi connectivity index (χ4v) is 9.20. The molecule has 43 heavy (non-hydrogen) atoms. The van der Waals surface area contributed by atoms with Crippen LogP contribution in [0.2, 0.25) is 5.02 Å². The lowest BCUT2D eigenvalue weighted by molar-refractivity contribution is -0.0622. The number of carbonyl (C=O) groups is 1. The lowest BCUT2D eigenvalue weighted by Crippen LogP contribution is -2.52. The Morgan fingerprint density at radius 2 is 1.95 bits per heavy atom. The molecule has 1 amide bonds. The van der Waals surface area contributed by atoms with Gasteiger partial charge in [0.05, 0.1) is 23.1 Å². The summed E-state index contributed by atoms with van der Waals surface area (Å²) < 4.78 is 41.6. The summed E-state index contributed by atoms with van der Waals surface area (Å²) in [5.74, 6) is 0.604. The molecule has 0 saturated heterocycles. The third-order valence-electron chi connectivity index (χ3n) is 10.8. The lowest BCUT2D eigenvalue weighted by Gasteiger charge is -2.49. The van der Waals surface area contributed by atoms with Gasteiger partial charge < -0.3 is 14.4 Å². The summed E-state index contributed by atoms with van der Waals surface area (Å²) in [5.41, 5.74) is 2.99. The smallest absolute Gasteiger partial charge is 0.264 e. The number of halogens is 1. The molecule has 2 bridgehead atoms. The van der Waals surface area contributed by atoms with Crippen LogP contribution < -0.4 is 14.4 Å². The van der Waals surface area contributed by atoms with Crippen LogP contribution in [0.15, 0.2) is 48.6 Å². The van der Waals surface area contributed by atoms with Gasteiger partial charge in [-0.25, -0.2) is 13.1 Å². The molecule has 2 aromatic carbocycles. The molecule has 0 radical (unpaired) electrons. The van der Waals surface area contributed by atoms with Crippen LogP contribution in [0.1, 0.15) is 74.4 Å². The molecule has 0 aromatic heterocycles. The molecule has 7 nitrogen and oxygen atoms in total. The zero-order valence-electron chi connectivity index (χ0n) is 25.6. The molecule has 4 aliphatic rings. The quantitative estimate of drug-likeness (QED) is 0.375. The van der Waals surface area contributed by atoms with E-state index in [1.807, 2.05) is 25.1 Å². The summed E-state index contributed by atoms with van der Waals surface area (Å²) in [7, 11) is -2.13. The van der Waals surface area contributed by atoms with E-state index in [1.165, 1.54) is 11.1 Å². The number of rotatable bonds is 1. The van der Waals surface area contributed by atoms with Crippen molar-refractivity contribution in [3.05, 3.63) is 70.3 Å². The molecule has 2 aliphatic carbocycles. The molecule has 2 heterocycles. The summed E-state index contributed by atoms with van der Waals surface area (Å²) in [6.45, 7) is 7.76. The minimum Gasteiger partial charge on any atom is -0.490 e. The van der Waals surface area contributed by atoms with Gasteiger partial charge in [0.25, 0.3) is 5.91 Å². The molecule has 0 unspecified atom stereocenters. The summed E-state index contributed by atoms with van der Waals surface area (Å²) in [4.78, 5) is 15.8. The van der Waals surface area contributed by atoms with E-state index in [4.69, 9.17) is 21.1 Å². The van der Waals surface area contributed by atoms with Crippen LogP contribution in [0.25, 0.3) is 0 Å². The van der Waals surface area contributed by atoms with Gasteiger partial charge in [-0.05, 0) is 112 Å². The first-order chi connectivity index (χ1) is 20.4. The Balaban J connectivity index is 1.45. The van der Waals surface area contributed by atoms with Crippen molar-refractivity contribution in [2.24, 2.45) is 17.8 Å². The van der Waals surface area contributed by atoms with Crippen LogP contribution in [0.4, 0.5) is 5.69 Å². The third kappa shape index (κ3) is 5.59. The first kappa shape index (κ1) is 30.5. The predicted octanol–water partition coefficient (Wildman–Crippen LogP) is 6.29. The second-order valence-corrected chi connectivity index (χ2v) is 15.9. The molecule has 9 heteroatoms. The Morgan fingerprint density at radius 3 is 2.70 bits per heavy atom. The van der Waals surface area contributed by atoms with Crippen molar-refractivity contribution in [2.75, 3.05) is 31.7 Å². The van der Waals surface area contributed by atoms with E-state index < -0.39 is 26.8 Å². The second kappa shape index (κ2) is 11.4. The zero-order valence-corrected chi connectivity index (χ0v) is 27.1. The number of carbonyl (C=O) groups excluding carboxylic acids is 1. The van der Waals surface area contributed by atoms with Crippen molar-refractivity contribution in [2.45, 2.75) is 75.6 Å². The van der Waals surface area contributed by atoms with Gasteiger partial charge in [0, 0.05) is 36.2 Å². The number of nitrogens with one attached hydrogen (secondary N) is 1. The molecule has 2 aliphatic heterocycles. The number of sulfonamides is 1. The Labute approximate surface area is 261 Å². The Kier molecular flexibility index (Phi) is 8.10. The van der Waals surface area contributed by atoms with Crippen LogP contribution in [0, 0.1) is 17.8 Å². The lowest BCUT2D eigenvalue weighted by atomic mass is 9.64. The van der Waals surface area contributed by atoms with E-state index in [0.29, 0.717) is 36.2 Å². The number of nitrogens with zero attached hydrogens (tertiary/aromatic N) is 1. The monoisotopic (exact) mass is 626 g/mol. The number of methoxy groups -OCH3 is 1. The van der Waals surface area contributed by atoms with Gasteiger partial charge in [-0.3, -0.25) is 4.79 Å². The van der Waals surface area contributed by atoms with Crippen molar-refractivity contribution in [3.8, 4) is 5.75 Å². The molecule has 1 saturated carbocycles. The minimum atomic E-state index is -3.90. The average Bonchev–Trinajstić information content (AvgIpc) is 3.11. The summed E-state index contributed by atoms with van der Waals surface area (Å²) in [6, 6.07) is 11.5. The first-order valence-corrected chi connectivity index (χ1v) is 17.5. The maximum absolute atomic E-state index is 13.4. The second-order valence-electron chi connectivity index (χ2n) is 13.4. The fraction of sp³-hybridized carbons (Fsp3) is 0.559. The van der Waals surface area contributed by atoms with Crippen molar-refractivity contribution in [1.29, 1.82) is 0 Å². The number of amides is 1. The minimum absolute atomic E-state index is 0.187. The summed E-state index contributed by atoms with van der Waals surface area (Å²) in [5, 5.41) is -0.00294. The van der Waals surface area contributed by atoms with Gasteiger partial charge in [-0.15, -0.1) is 0 Å². The molecule has 6 atom stereocenters. The topological polar surface area (TPSA) is 84.9 Å². The number of allylic oxidation sites excluding steroid dienone is 1. The average molecular weight is 627 g/mol. The van der Waals surface area contributed by atoms with Gasteiger partial charge in [0.1, 0.15) is 5.75 Å². The fourth-order valence-electron chi connectivity index (χ4n) is 7.72. The van der Waals surface area contributed by atoms with Crippen LogP contribution in [-0.2, 0) is 26.6 Å². The number of fused-ring (bicyclic) bond motifs is 4. The van der Waals surface area contributed by atoms with Gasteiger partial charge in [0.2, 0.25) is 10.0 Å². The Bertz CT molecular complexity index is 1540. The number of aryl methyl sites for hydroxylation is 1. The zero-order chi connectivity index (χ0) is 30.6. The molecule has 2 aromatic rings. The van der Waals surface area contributed by atoms with E-state index in [9.17, 15) is 13.2 Å². The highest BCUT2D eigenvalue weighted by atomic mass is 35.5. The van der Waals surface area contributed by atoms with Crippen molar-refractivity contribution >= 4 is 33.2 Å². The molecule has 1 fully saturated rings.